The zero-order chi connectivity index (χ0) is 14.7. The number of nitrogens with two attached hydrogens (primary N) is 2. The molecule has 2 aromatic rings. The molecule has 0 amide bonds. The lowest BCUT2D eigenvalue weighted by Crippen LogP contribution is -2.30. The predicted molar refractivity (Wildman–Crippen MR) is 87.7 cm³/mol. The van der Waals surface area contributed by atoms with Crippen molar-refractivity contribution in [3.05, 3.63) is 65.2 Å². The van der Waals surface area contributed by atoms with Gasteiger partial charge in [-0.15, -0.1) is 0 Å². The number of hydrazine groups is 1. The molecule has 0 fully saturated rings. The van der Waals surface area contributed by atoms with Gasteiger partial charge in [-0.2, -0.15) is 0 Å². The molecule has 3 nitrogen and oxygen atoms in total. The van der Waals surface area contributed by atoms with Gasteiger partial charge in [0, 0.05) is 11.7 Å². The van der Waals surface area contributed by atoms with Gasteiger partial charge >= 0.3 is 0 Å². The number of anilines is 1. The fourth-order valence-electron chi connectivity index (χ4n) is 3.50. The number of para-hydroxylation sites is 1. The highest BCUT2D eigenvalue weighted by molar-refractivity contribution is 5.48. The summed E-state index contributed by atoms with van der Waals surface area (Å²) in [5.74, 6) is 6.36. The Labute approximate surface area is 126 Å². The van der Waals surface area contributed by atoms with Crippen LogP contribution in [0.4, 0.5) is 5.69 Å². The molecule has 110 valence electrons. The van der Waals surface area contributed by atoms with E-state index in [0.717, 1.165) is 17.7 Å². The number of benzene rings is 2. The summed E-state index contributed by atoms with van der Waals surface area (Å²) in [6.45, 7) is 0. The van der Waals surface area contributed by atoms with Crippen LogP contribution in [0, 0.1) is 0 Å². The highest BCUT2D eigenvalue weighted by atomic mass is 15.2. The van der Waals surface area contributed by atoms with E-state index in [2.05, 4.69) is 35.8 Å². The molecule has 1 aliphatic carbocycles. The molecular weight excluding hydrogens is 258 g/mol. The van der Waals surface area contributed by atoms with Crippen molar-refractivity contribution in [1.82, 2.24) is 5.43 Å². The molecule has 0 spiro atoms. The van der Waals surface area contributed by atoms with E-state index < -0.39 is 0 Å². The van der Waals surface area contributed by atoms with Crippen LogP contribution in [-0.4, -0.2) is 0 Å². The summed E-state index contributed by atoms with van der Waals surface area (Å²) in [6.07, 6.45) is 4.66. The summed E-state index contributed by atoms with van der Waals surface area (Å²) in [6, 6.07) is 16.9. The minimum absolute atomic E-state index is 0.0994. The molecule has 2 unspecified atom stereocenters. The molecule has 0 saturated heterocycles. The van der Waals surface area contributed by atoms with E-state index in [1.54, 1.807) is 0 Å². The molecule has 5 N–H and O–H groups in total. The summed E-state index contributed by atoms with van der Waals surface area (Å²) in [5.41, 5.74) is 13.9. The molecule has 0 bridgehead atoms. The predicted octanol–water partition coefficient (Wildman–Crippen LogP) is 3.28. The molecule has 3 heteroatoms. The smallest absolute Gasteiger partial charge is 0.0486 e. The lowest BCUT2D eigenvalue weighted by molar-refractivity contribution is 0.426. The van der Waals surface area contributed by atoms with Crippen LogP contribution in [0.1, 0.15) is 47.9 Å². The molecule has 0 radical (unpaired) electrons. The summed E-state index contributed by atoms with van der Waals surface area (Å²) >= 11 is 0. The van der Waals surface area contributed by atoms with Crippen molar-refractivity contribution in [3.8, 4) is 0 Å². The maximum absolute atomic E-state index is 6.10. The Morgan fingerprint density at radius 3 is 2.67 bits per heavy atom. The number of hydrogen-bond acceptors (Lipinski definition) is 3. The highest BCUT2D eigenvalue weighted by Crippen LogP contribution is 2.38. The van der Waals surface area contributed by atoms with Crippen molar-refractivity contribution in [2.45, 2.75) is 37.6 Å². The Hall–Kier alpha value is -1.84. The molecule has 0 heterocycles. The van der Waals surface area contributed by atoms with Crippen LogP contribution in [0.2, 0.25) is 0 Å². The third kappa shape index (κ3) is 2.94. The molecule has 21 heavy (non-hydrogen) atoms. The molecule has 1 aliphatic rings. The number of aryl methyl sites for hydroxylation is 1. The normalized spacial score (nSPS) is 19.0. The standard InChI is InChI=1S/C18H23N3/c19-17-11-4-3-10-16(17)18(21-20)12-14-8-5-7-13-6-1-2-9-15(13)14/h1-4,6,9-11,14,18,21H,5,7-8,12,19-20H2. The largest absolute Gasteiger partial charge is 0.398 e. The van der Waals surface area contributed by atoms with E-state index >= 15 is 0 Å². The van der Waals surface area contributed by atoms with Crippen molar-refractivity contribution in [2.75, 3.05) is 5.73 Å². The zero-order valence-electron chi connectivity index (χ0n) is 12.3. The Balaban J connectivity index is 1.84. The van der Waals surface area contributed by atoms with E-state index in [1.807, 2.05) is 18.2 Å². The van der Waals surface area contributed by atoms with E-state index in [1.165, 1.54) is 30.4 Å². The molecule has 2 aromatic carbocycles. The first kappa shape index (κ1) is 14.1. The van der Waals surface area contributed by atoms with Crippen LogP contribution in [-0.2, 0) is 6.42 Å². The van der Waals surface area contributed by atoms with Crippen molar-refractivity contribution < 1.29 is 0 Å². The van der Waals surface area contributed by atoms with Gasteiger partial charge in [-0.05, 0) is 54.4 Å². The topological polar surface area (TPSA) is 64.1 Å². The molecular formula is C18H23N3. The summed E-state index contributed by atoms with van der Waals surface area (Å²) < 4.78 is 0. The van der Waals surface area contributed by atoms with Gasteiger partial charge in [0.1, 0.15) is 0 Å². The molecule has 0 aliphatic heterocycles. The van der Waals surface area contributed by atoms with Crippen molar-refractivity contribution in [2.24, 2.45) is 5.84 Å². The van der Waals surface area contributed by atoms with E-state index in [4.69, 9.17) is 11.6 Å². The number of rotatable bonds is 4. The molecule has 3 rings (SSSR count). The van der Waals surface area contributed by atoms with Gasteiger partial charge < -0.3 is 5.73 Å². The van der Waals surface area contributed by atoms with Gasteiger partial charge in [-0.1, -0.05) is 42.5 Å². The van der Waals surface area contributed by atoms with Gasteiger partial charge in [0.15, 0.2) is 0 Å². The number of nitrogen functional groups attached to an aromatic ring is 1. The monoisotopic (exact) mass is 281 g/mol. The van der Waals surface area contributed by atoms with E-state index in [0.29, 0.717) is 5.92 Å². The second-order valence-electron chi connectivity index (χ2n) is 5.87. The second kappa shape index (κ2) is 6.29. The van der Waals surface area contributed by atoms with Crippen molar-refractivity contribution in [1.29, 1.82) is 0 Å². The van der Waals surface area contributed by atoms with E-state index in [9.17, 15) is 0 Å². The highest BCUT2D eigenvalue weighted by Gasteiger charge is 2.24. The Morgan fingerprint density at radius 2 is 1.86 bits per heavy atom. The van der Waals surface area contributed by atoms with Crippen LogP contribution in [0.15, 0.2) is 48.5 Å². The first-order valence-electron chi connectivity index (χ1n) is 7.68. The van der Waals surface area contributed by atoms with Gasteiger partial charge in [0.05, 0.1) is 0 Å². The van der Waals surface area contributed by atoms with Gasteiger partial charge in [-0.3, -0.25) is 11.3 Å². The van der Waals surface area contributed by atoms with Crippen LogP contribution in [0.25, 0.3) is 0 Å². The summed E-state index contributed by atoms with van der Waals surface area (Å²) in [4.78, 5) is 0. The fraction of sp³-hybridized carbons (Fsp3) is 0.333. The Kier molecular flexibility index (Phi) is 4.23. The Bertz CT molecular complexity index is 609. The fourth-order valence-corrected chi connectivity index (χ4v) is 3.50. The van der Waals surface area contributed by atoms with Gasteiger partial charge in [0.2, 0.25) is 0 Å². The maximum Gasteiger partial charge on any atom is 0.0486 e. The van der Waals surface area contributed by atoms with Crippen LogP contribution >= 0.6 is 0 Å². The molecule has 0 aromatic heterocycles. The van der Waals surface area contributed by atoms with Crippen LogP contribution in [0.3, 0.4) is 0 Å². The minimum Gasteiger partial charge on any atom is -0.398 e. The lowest BCUT2D eigenvalue weighted by Gasteiger charge is -2.29. The maximum atomic E-state index is 6.10. The number of hydrogen-bond donors (Lipinski definition) is 3. The second-order valence-corrected chi connectivity index (χ2v) is 5.87. The number of fused-ring (bicyclic) bond motifs is 1. The van der Waals surface area contributed by atoms with E-state index in [-0.39, 0.29) is 6.04 Å². The average molecular weight is 281 g/mol. The summed E-state index contributed by atoms with van der Waals surface area (Å²) in [5, 5.41) is 0. The van der Waals surface area contributed by atoms with Crippen molar-refractivity contribution in [3.63, 3.8) is 0 Å². The molecule has 0 saturated carbocycles. The van der Waals surface area contributed by atoms with Crippen LogP contribution in [0.5, 0.6) is 0 Å². The van der Waals surface area contributed by atoms with Gasteiger partial charge in [0.25, 0.3) is 0 Å². The van der Waals surface area contributed by atoms with Crippen molar-refractivity contribution >= 4 is 5.69 Å². The Morgan fingerprint density at radius 1 is 1.10 bits per heavy atom. The quantitative estimate of drug-likeness (QED) is 0.458. The van der Waals surface area contributed by atoms with Crippen LogP contribution < -0.4 is 17.0 Å². The first-order chi connectivity index (χ1) is 10.3. The third-order valence-corrected chi connectivity index (χ3v) is 4.59. The minimum atomic E-state index is 0.0994. The number of nitrogens with one attached hydrogen (secondary N) is 1. The SMILES string of the molecule is NNC(CC1CCCc2ccccc21)c1ccccc1N. The lowest BCUT2D eigenvalue weighted by atomic mass is 9.78. The first-order valence-corrected chi connectivity index (χ1v) is 7.68. The average Bonchev–Trinajstić information content (AvgIpc) is 2.53. The van der Waals surface area contributed by atoms with Gasteiger partial charge in [-0.25, -0.2) is 0 Å². The summed E-state index contributed by atoms with van der Waals surface area (Å²) in [7, 11) is 0. The molecule has 2 atom stereocenters. The zero-order valence-corrected chi connectivity index (χ0v) is 12.3. The third-order valence-electron chi connectivity index (χ3n) is 4.59.